The summed E-state index contributed by atoms with van der Waals surface area (Å²) < 4.78 is 24.8. The summed E-state index contributed by atoms with van der Waals surface area (Å²) in [6, 6.07) is 9.57. The van der Waals surface area contributed by atoms with Crippen molar-refractivity contribution < 1.29 is 18.3 Å². The van der Waals surface area contributed by atoms with Gasteiger partial charge in [0.25, 0.3) is 5.91 Å². The lowest BCUT2D eigenvalue weighted by molar-refractivity contribution is 0.0674. The molecule has 1 aromatic carbocycles. The van der Waals surface area contributed by atoms with E-state index in [0.717, 1.165) is 24.2 Å². The van der Waals surface area contributed by atoms with Gasteiger partial charge in [-0.15, -0.1) is 11.3 Å². The SMILES string of the molecule is Cc1ccc(-c2nc(C)c(C(=O)N[C@H](c3ccc(F)cc3)[C@H]3CCCO3)s2)o1. The third-order valence-corrected chi connectivity index (χ3v) is 5.98. The molecule has 0 spiro atoms. The molecule has 2 aromatic heterocycles. The van der Waals surface area contributed by atoms with Crippen molar-refractivity contribution in [1.29, 1.82) is 0 Å². The van der Waals surface area contributed by atoms with Crippen molar-refractivity contribution in [3.05, 3.63) is 64.1 Å². The number of amides is 1. The van der Waals surface area contributed by atoms with Crippen molar-refractivity contribution in [3.8, 4) is 10.8 Å². The van der Waals surface area contributed by atoms with Crippen LogP contribution in [0.2, 0.25) is 0 Å². The molecule has 3 heterocycles. The van der Waals surface area contributed by atoms with Crippen LogP contribution < -0.4 is 5.32 Å². The number of hydrogen-bond acceptors (Lipinski definition) is 5. The zero-order chi connectivity index (χ0) is 19.7. The van der Waals surface area contributed by atoms with Gasteiger partial charge in [-0.2, -0.15) is 0 Å². The number of carbonyl (C=O) groups is 1. The lowest BCUT2D eigenvalue weighted by Crippen LogP contribution is -2.36. The quantitative estimate of drug-likeness (QED) is 0.668. The predicted molar refractivity (Wildman–Crippen MR) is 105 cm³/mol. The Kier molecular flexibility index (Phi) is 5.28. The van der Waals surface area contributed by atoms with Crippen molar-refractivity contribution in [1.82, 2.24) is 10.3 Å². The van der Waals surface area contributed by atoms with Crippen molar-refractivity contribution >= 4 is 17.2 Å². The van der Waals surface area contributed by atoms with Crippen LogP contribution in [0.5, 0.6) is 0 Å². The van der Waals surface area contributed by atoms with Gasteiger partial charge in [-0.3, -0.25) is 4.79 Å². The van der Waals surface area contributed by atoms with E-state index in [0.29, 0.717) is 27.9 Å². The molecular formula is C21H21FN2O3S. The molecule has 1 aliphatic rings. The molecular weight excluding hydrogens is 379 g/mol. The number of aryl methyl sites for hydroxylation is 2. The van der Waals surface area contributed by atoms with Crippen LogP contribution in [0.25, 0.3) is 10.8 Å². The number of ether oxygens (including phenoxy) is 1. The first-order chi connectivity index (χ1) is 13.5. The van der Waals surface area contributed by atoms with Crippen molar-refractivity contribution in [2.75, 3.05) is 6.61 Å². The standard InChI is InChI=1S/C21H21FN2O3S/c1-12-5-10-17(27-12)21-23-13(2)19(28-21)20(25)24-18(16-4-3-11-26-16)14-6-8-15(22)9-7-14/h5-10,16,18H,3-4,11H2,1-2H3,(H,24,25)/t16-,18-/m1/s1. The number of halogens is 1. The van der Waals surface area contributed by atoms with Crippen LogP contribution in [-0.4, -0.2) is 23.6 Å². The molecule has 4 rings (SSSR count). The molecule has 1 saturated heterocycles. The zero-order valence-corrected chi connectivity index (χ0v) is 16.5. The minimum atomic E-state index is -0.341. The summed E-state index contributed by atoms with van der Waals surface area (Å²) in [5, 5.41) is 3.75. The van der Waals surface area contributed by atoms with E-state index in [1.807, 2.05) is 26.0 Å². The lowest BCUT2D eigenvalue weighted by atomic mass is 9.99. The first kappa shape index (κ1) is 18.8. The minimum Gasteiger partial charge on any atom is -0.459 e. The third kappa shape index (κ3) is 3.86. The molecule has 0 unspecified atom stereocenters. The van der Waals surface area contributed by atoms with E-state index in [1.165, 1.54) is 23.5 Å². The molecule has 5 nitrogen and oxygen atoms in total. The molecule has 1 fully saturated rings. The van der Waals surface area contributed by atoms with Crippen molar-refractivity contribution in [2.45, 2.75) is 38.8 Å². The summed E-state index contributed by atoms with van der Waals surface area (Å²) in [4.78, 5) is 18.0. The smallest absolute Gasteiger partial charge is 0.263 e. The fourth-order valence-corrected chi connectivity index (χ4v) is 4.33. The Morgan fingerprint density at radius 2 is 2.04 bits per heavy atom. The molecule has 7 heteroatoms. The maximum atomic E-state index is 13.3. The van der Waals surface area contributed by atoms with Gasteiger partial charge in [0, 0.05) is 6.61 Å². The van der Waals surface area contributed by atoms with Crippen molar-refractivity contribution in [3.63, 3.8) is 0 Å². The Bertz CT molecular complexity index is 974. The Balaban J connectivity index is 1.59. The average molecular weight is 400 g/mol. The van der Waals surface area contributed by atoms with Crippen LogP contribution in [0.4, 0.5) is 4.39 Å². The van der Waals surface area contributed by atoms with Crippen LogP contribution in [0.1, 0.15) is 45.6 Å². The second-order valence-electron chi connectivity index (χ2n) is 6.90. The summed E-state index contributed by atoms with van der Waals surface area (Å²) >= 11 is 1.30. The molecule has 0 saturated carbocycles. The number of furan rings is 1. The number of benzene rings is 1. The van der Waals surface area contributed by atoms with Crippen LogP contribution >= 0.6 is 11.3 Å². The van der Waals surface area contributed by atoms with Crippen LogP contribution in [0, 0.1) is 19.7 Å². The summed E-state index contributed by atoms with van der Waals surface area (Å²) in [5.74, 6) is 0.926. The molecule has 0 radical (unpaired) electrons. The Morgan fingerprint density at radius 1 is 1.25 bits per heavy atom. The van der Waals surface area contributed by atoms with Gasteiger partial charge in [0.1, 0.15) is 16.5 Å². The Labute approximate surface area is 166 Å². The van der Waals surface area contributed by atoms with E-state index in [1.54, 1.807) is 12.1 Å². The van der Waals surface area contributed by atoms with E-state index >= 15 is 0 Å². The molecule has 0 bridgehead atoms. The van der Waals surface area contributed by atoms with Crippen molar-refractivity contribution in [2.24, 2.45) is 0 Å². The Morgan fingerprint density at radius 3 is 2.68 bits per heavy atom. The highest BCUT2D eigenvalue weighted by atomic mass is 32.1. The van der Waals surface area contributed by atoms with Gasteiger partial charge in [0.15, 0.2) is 10.8 Å². The van der Waals surface area contributed by atoms with Crippen LogP contribution in [0.3, 0.4) is 0 Å². The van der Waals surface area contributed by atoms with E-state index < -0.39 is 0 Å². The van der Waals surface area contributed by atoms with Gasteiger partial charge in [-0.25, -0.2) is 9.37 Å². The number of carbonyl (C=O) groups excluding carboxylic acids is 1. The number of nitrogens with one attached hydrogen (secondary N) is 1. The van der Waals surface area contributed by atoms with Gasteiger partial charge >= 0.3 is 0 Å². The van der Waals surface area contributed by atoms with Gasteiger partial charge in [-0.05, 0) is 56.5 Å². The number of rotatable bonds is 5. The highest BCUT2D eigenvalue weighted by Gasteiger charge is 2.30. The number of thiazole rings is 1. The van der Waals surface area contributed by atoms with E-state index in [4.69, 9.17) is 9.15 Å². The number of hydrogen-bond donors (Lipinski definition) is 1. The highest BCUT2D eigenvalue weighted by molar-refractivity contribution is 7.17. The molecule has 1 amide bonds. The summed E-state index contributed by atoms with van der Waals surface area (Å²) in [6.07, 6.45) is 1.66. The fraction of sp³-hybridized carbons (Fsp3) is 0.333. The summed E-state index contributed by atoms with van der Waals surface area (Å²) in [5.41, 5.74) is 1.47. The third-order valence-electron chi connectivity index (χ3n) is 4.81. The maximum Gasteiger partial charge on any atom is 0.263 e. The molecule has 1 N–H and O–H groups in total. The topological polar surface area (TPSA) is 64.4 Å². The number of nitrogens with zero attached hydrogens (tertiary/aromatic N) is 1. The van der Waals surface area contributed by atoms with Gasteiger partial charge in [0.05, 0.1) is 17.8 Å². The normalized spacial score (nSPS) is 17.6. The lowest BCUT2D eigenvalue weighted by Gasteiger charge is -2.24. The summed E-state index contributed by atoms with van der Waals surface area (Å²) in [6.45, 7) is 4.34. The monoisotopic (exact) mass is 400 g/mol. The second-order valence-corrected chi connectivity index (χ2v) is 7.90. The van der Waals surface area contributed by atoms with Crippen LogP contribution in [-0.2, 0) is 4.74 Å². The minimum absolute atomic E-state index is 0.130. The first-order valence-electron chi connectivity index (χ1n) is 9.23. The molecule has 1 aliphatic heterocycles. The number of aromatic nitrogens is 1. The second kappa shape index (κ2) is 7.85. The first-order valence-corrected chi connectivity index (χ1v) is 10.0. The average Bonchev–Trinajstić information content (AvgIpc) is 3.41. The fourth-order valence-electron chi connectivity index (χ4n) is 3.40. The molecule has 2 atom stereocenters. The predicted octanol–water partition coefficient (Wildman–Crippen LogP) is 4.81. The molecule has 146 valence electrons. The maximum absolute atomic E-state index is 13.3. The molecule has 0 aliphatic carbocycles. The van der Waals surface area contributed by atoms with E-state index in [-0.39, 0.29) is 23.9 Å². The molecule has 3 aromatic rings. The summed E-state index contributed by atoms with van der Waals surface area (Å²) in [7, 11) is 0. The van der Waals surface area contributed by atoms with Gasteiger partial charge < -0.3 is 14.5 Å². The van der Waals surface area contributed by atoms with Gasteiger partial charge in [-0.1, -0.05) is 12.1 Å². The zero-order valence-electron chi connectivity index (χ0n) is 15.7. The Hall–Kier alpha value is -2.51. The van der Waals surface area contributed by atoms with Crippen LogP contribution in [0.15, 0.2) is 40.8 Å². The van der Waals surface area contributed by atoms with E-state index in [9.17, 15) is 9.18 Å². The van der Waals surface area contributed by atoms with E-state index in [2.05, 4.69) is 10.3 Å². The largest absolute Gasteiger partial charge is 0.459 e. The molecule has 28 heavy (non-hydrogen) atoms. The van der Waals surface area contributed by atoms with Gasteiger partial charge in [0.2, 0.25) is 0 Å². The highest BCUT2D eigenvalue weighted by Crippen LogP contribution is 2.31.